The van der Waals surface area contributed by atoms with E-state index in [9.17, 15) is 4.79 Å². The highest BCUT2D eigenvalue weighted by Gasteiger charge is 2.24. The second-order valence-electron chi connectivity index (χ2n) is 5.29. The number of amides is 1. The summed E-state index contributed by atoms with van der Waals surface area (Å²) in [6.45, 7) is 8.34. The molecule has 0 saturated carbocycles. The molecule has 0 aliphatic carbocycles. The summed E-state index contributed by atoms with van der Waals surface area (Å²) in [7, 11) is 0. The SMILES string of the molecule is CCNC(=NCC(C)(C)C(N)=O)NCCn1cccc1. The van der Waals surface area contributed by atoms with Gasteiger partial charge in [0.15, 0.2) is 5.96 Å². The zero-order valence-electron chi connectivity index (χ0n) is 12.5. The Labute approximate surface area is 120 Å². The molecule has 0 saturated heterocycles. The molecule has 4 N–H and O–H groups in total. The van der Waals surface area contributed by atoms with Crippen LogP contribution >= 0.6 is 0 Å². The lowest BCUT2D eigenvalue weighted by molar-refractivity contribution is -0.125. The predicted molar refractivity (Wildman–Crippen MR) is 81.4 cm³/mol. The van der Waals surface area contributed by atoms with E-state index in [-0.39, 0.29) is 5.91 Å². The van der Waals surface area contributed by atoms with E-state index >= 15 is 0 Å². The minimum Gasteiger partial charge on any atom is -0.369 e. The van der Waals surface area contributed by atoms with Crippen molar-refractivity contribution in [3.8, 4) is 0 Å². The average molecular weight is 279 g/mol. The molecule has 0 unspecified atom stereocenters. The van der Waals surface area contributed by atoms with Crippen LogP contribution in [0.3, 0.4) is 0 Å². The van der Waals surface area contributed by atoms with Crippen LogP contribution in [-0.2, 0) is 11.3 Å². The number of nitrogens with two attached hydrogens (primary N) is 1. The van der Waals surface area contributed by atoms with Gasteiger partial charge >= 0.3 is 0 Å². The second kappa shape index (κ2) is 7.57. The van der Waals surface area contributed by atoms with Crippen LogP contribution < -0.4 is 16.4 Å². The van der Waals surface area contributed by atoms with Crippen molar-refractivity contribution in [2.45, 2.75) is 27.3 Å². The van der Waals surface area contributed by atoms with Crippen LogP contribution in [0.4, 0.5) is 0 Å². The molecule has 0 aliphatic rings. The van der Waals surface area contributed by atoms with Crippen molar-refractivity contribution in [3.63, 3.8) is 0 Å². The molecule has 1 amide bonds. The van der Waals surface area contributed by atoms with Crippen molar-refractivity contribution in [2.75, 3.05) is 19.6 Å². The Hall–Kier alpha value is -1.98. The number of primary amides is 1. The van der Waals surface area contributed by atoms with Crippen LogP contribution in [0.15, 0.2) is 29.5 Å². The minimum atomic E-state index is -0.636. The first-order valence-electron chi connectivity index (χ1n) is 6.88. The zero-order chi connectivity index (χ0) is 15.0. The summed E-state index contributed by atoms with van der Waals surface area (Å²) in [4.78, 5) is 15.7. The summed E-state index contributed by atoms with van der Waals surface area (Å²) in [5.41, 5.74) is 4.71. The molecule has 0 radical (unpaired) electrons. The lowest BCUT2D eigenvalue weighted by Crippen LogP contribution is -2.41. The minimum absolute atomic E-state index is 0.343. The molecule has 112 valence electrons. The fourth-order valence-electron chi connectivity index (χ4n) is 1.52. The molecule has 1 aromatic rings. The number of aromatic nitrogens is 1. The number of nitrogens with zero attached hydrogens (tertiary/aromatic N) is 2. The van der Waals surface area contributed by atoms with E-state index in [1.165, 1.54) is 0 Å². The van der Waals surface area contributed by atoms with Gasteiger partial charge in [-0.3, -0.25) is 9.79 Å². The summed E-state index contributed by atoms with van der Waals surface area (Å²) < 4.78 is 2.09. The third-order valence-corrected chi connectivity index (χ3v) is 2.97. The van der Waals surface area contributed by atoms with Gasteiger partial charge in [0.05, 0.1) is 12.0 Å². The van der Waals surface area contributed by atoms with Crippen LogP contribution in [-0.4, -0.2) is 36.1 Å². The van der Waals surface area contributed by atoms with Crippen molar-refractivity contribution in [3.05, 3.63) is 24.5 Å². The van der Waals surface area contributed by atoms with Gasteiger partial charge in [-0.2, -0.15) is 0 Å². The number of nitrogens with one attached hydrogen (secondary N) is 2. The Morgan fingerprint density at radius 2 is 1.95 bits per heavy atom. The Morgan fingerprint density at radius 3 is 2.50 bits per heavy atom. The summed E-state index contributed by atoms with van der Waals surface area (Å²) in [5, 5.41) is 6.39. The number of aliphatic imine (C=N–C) groups is 1. The van der Waals surface area contributed by atoms with E-state index in [0.717, 1.165) is 19.6 Å². The maximum atomic E-state index is 11.3. The van der Waals surface area contributed by atoms with Gasteiger partial charge < -0.3 is 20.9 Å². The standard InChI is InChI=1S/C14H25N5O/c1-4-16-13(18-11-14(2,3)12(15)20)17-7-10-19-8-5-6-9-19/h5-6,8-9H,4,7,10-11H2,1-3H3,(H2,15,20)(H2,16,17,18). The normalized spacial score (nSPS) is 12.2. The molecule has 1 heterocycles. The van der Waals surface area contributed by atoms with Crippen LogP contribution in [0.1, 0.15) is 20.8 Å². The lowest BCUT2D eigenvalue weighted by atomic mass is 9.93. The Kier molecular flexibility index (Phi) is 6.09. The van der Waals surface area contributed by atoms with Crippen molar-refractivity contribution >= 4 is 11.9 Å². The van der Waals surface area contributed by atoms with E-state index < -0.39 is 5.41 Å². The van der Waals surface area contributed by atoms with Gasteiger partial charge in [0.25, 0.3) is 0 Å². The monoisotopic (exact) mass is 279 g/mol. The average Bonchev–Trinajstić information content (AvgIpc) is 2.89. The van der Waals surface area contributed by atoms with Crippen molar-refractivity contribution in [1.82, 2.24) is 15.2 Å². The maximum absolute atomic E-state index is 11.3. The highest BCUT2D eigenvalue weighted by molar-refractivity contribution is 5.82. The van der Waals surface area contributed by atoms with Gasteiger partial charge in [-0.25, -0.2) is 0 Å². The lowest BCUT2D eigenvalue weighted by Gasteiger charge is -2.19. The third kappa shape index (κ3) is 5.34. The van der Waals surface area contributed by atoms with Crippen LogP contribution in [0.25, 0.3) is 0 Å². The largest absolute Gasteiger partial charge is 0.369 e. The molecule has 6 heteroatoms. The molecule has 0 fully saturated rings. The number of carbonyl (C=O) groups is 1. The predicted octanol–water partition coefficient (Wildman–Crippen LogP) is 0.555. The number of rotatable bonds is 7. The Morgan fingerprint density at radius 1 is 1.30 bits per heavy atom. The van der Waals surface area contributed by atoms with Gasteiger partial charge in [0.1, 0.15) is 0 Å². The zero-order valence-corrected chi connectivity index (χ0v) is 12.5. The van der Waals surface area contributed by atoms with E-state index in [2.05, 4.69) is 20.2 Å². The van der Waals surface area contributed by atoms with E-state index in [1.807, 2.05) is 31.5 Å². The summed E-state index contributed by atoms with van der Waals surface area (Å²) in [5.74, 6) is 0.360. The van der Waals surface area contributed by atoms with E-state index in [1.54, 1.807) is 13.8 Å². The first-order chi connectivity index (χ1) is 9.45. The van der Waals surface area contributed by atoms with E-state index in [4.69, 9.17) is 5.73 Å². The molecular weight excluding hydrogens is 254 g/mol. The van der Waals surface area contributed by atoms with Crippen molar-refractivity contribution < 1.29 is 4.79 Å². The van der Waals surface area contributed by atoms with Gasteiger partial charge in [0.2, 0.25) is 5.91 Å². The van der Waals surface area contributed by atoms with E-state index in [0.29, 0.717) is 12.5 Å². The van der Waals surface area contributed by atoms with Gasteiger partial charge in [-0.05, 0) is 32.9 Å². The van der Waals surface area contributed by atoms with Gasteiger partial charge in [0, 0.05) is 32.0 Å². The number of hydrogen-bond donors (Lipinski definition) is 3. The summed E-state index contributed by atoms with van der Waals surface area (Å²) in [6, 6.07) is 3.99. The molecule has 0 bridgehead atoms. The Bertz CT molecular complexity index is 436. The fourth-order valence-corrected chi connectivity index (χ4v) is 1.52. The first kappa shape index (κ1) is 16.1. The van der Waals surface area contributed by atoms with Gasteiger partial charge in [-0.15, -0.1) is 0 Å². The second-order valence-corrected chi connectivity index (χ2v) is 5.29. The van der Waals surface area contributed by atoms with Crippen LogP contribution in [0, 0.1) is 5.41 Å². The Balaban J connectivity index is 2.48. The summed E-state index contributed by atoms with van der Waals surface area (Å²) >= 11 is 0. The molecule has 6 nitrogen and oxygen atoms in total. The maximum Gasteiger partial charge on any atom is 0.224 e. The molecule has 0 aliphatic heterocycles. The quantitative estimate of drug-likeness (QED) is 0.503. The molecule has 0 atom stereocenters. The highest BCUT2D eigenvalue weighted by atomic mass is 16.1. The number of carbonyl (C=O) groups excluding carboxylic acids is 1. The highest BCUT2D eigenvalue weighted by Crippen LogP contribution is 2.13. The molecule has 20 heavy (non-hydrogen) atoms. The molecule has 0 spiro atoms. The first-order valence-corrected chi connectivity index (χ1v) is 6.88. The molecule has 1 aromatic heterocycles. The third-order valence-electron chi connectivity index (χ3n) is 2.97. The molecular formula is C14H25N5O. The topological polar surface area (TPSA) is 84.4 Å². The van der Waals surface area contributed by atoms with Crippen LogP contribution in [0.2, 0.25) is 0 Å². The number of hydrogen-bond acceptors (Lipinski definition) is 2. The van der Waals surface area contributed by atoms with Gasteiger partial charge in [-0.1, -0.05) is 0 Å². The smallest absolute Gasteiger partial charge is 0.224 e. The van der Waals surface area contributed by atoms with Crippen molar-refractivity contribution in [1.29, 1.82) is 0 Å². The molecule has 1 rings (SSSR count). The van der Waals surface area contributed by atoms with Crippen LogP contribution in [0.5, 0.6) is 0 Å². The number of guanidine groups is 1. The fraction of sp³-hybridized carbons (Fsp3) is 0.571. The van der Waals surface area contributed by atoms with Crippen molar-refractivity contribution in [2.24, 2.45) is 16.1 Å². The molecule has 0 aromatic carbocycles. The summed E-state index contributed by atoms with van der Waals surface area (Å²) in [6.07, 6.45) is 4.03.